The molecule has 1 aliphatic heterocycles. The molecule has 0 radical (unpaired) electrons. The van der Waals surface area contributed by atoms with Gasteiger partial charge >= 0.3 is 0 Å². The first kappa shape index (κ1) is 13.7. The zero-order valence-electron chi connectivity index (χ0n) is 12.5. The van der Waals surface area contributed by atoms with Gasteiger partial charge in [-0.05, 0) is 30.5 Å². The molecule has 1 aliphatic rings. The van der Waals surface area contributed by atoms with Crippen molar-refractivity contribution in [1.82, 2.24) is 9.88 Å². The third kappa shape index (κ3) is 2.79. The molecule has 0 saturated carbocycles. The summed E-state index contributed by atoms with van der Waals surface area (Å²) in [4.78, 5) is 14.7. The molecule has 2 heterocycles. The molecule has 0 fully saturated rings. The number of aromatic nitrogens is 1. The van der Waals surface area contributed by atoms with Crippen LogP contribution in [0, 0.1) is 0 Å². The van der Waals surface area contributed by atoms with Gasteiger partial charge in [-0.3, -0.25) is 4.79 Å². The molecule has 1 unspecified atom stereocenters. The van der Waals surface area contributed by atoms with Crippen LogP contribution in [0.15, 0.2) is 42.7 Å². The lowest BCUT2D eigenvalue weighted by molar-refractivity contribution is 0.0935. The Balaban J connectivity index is 1.85. The van der Waals surface area contributed by atoms with Crippen LogP contribution in [-0.2, 0) is 7.05 Å². The molecule has 0 spiro atoms. The van der Waals surface area contributed by atoms with Crippen LogP contribution in [0.5, 0.6) is 0 Å². The number of carbonyl (C=O) groups excluding carboxylic acids is 1. The van der Waals surface area contributed by atoms with Crippen molar-refractivity contribution in [3.05, 3.63) is 53.9 Å². The number of carbonyl (C=O) groups is 1. The summed E-state index contributed by atoms with van der Waals surface area (Å²) in [5, 5.41) is 3.19. The highest BCUT2D eigenvalue weighted by atomic mass is 16.1. The van der Waals surface area contributed by atoms with Crippen molar-refractivity contribution < 1.29 is 4.79 Å². The predicted molar refractivity (Wildman–Crippen MR) is 84.6 cm³/mol. The molecule has 1 aromatic heterocycles. The Bertz CT molecular complexity index is 647. The topological polar surface area (TPSA) is 37.3 Å². The van der Waals surface area contributed by atoms with E-state index in [0.717, 1.165) is 19.4 Å². The second-order valence-corrected chi connectivity index (χ2v) is 5.71. The van der Waals surface area contributed by atoms with Gasteiger partial charge in [-0.25, -0.2) is 0 Å². The van der Waals surface area contributed by atoms with Gasteiger partial charge in [0.15, 0.2) is 0 Å². The van der Waals surface area contributed by atoms with E-state index in [1.165, 1.54) is 11.3 Å². The number of amides is 1. The van der Waals surface area contributed by atoms with Crippen LogP contribution in [-0.4, -0.2) is 24.1 Å². The van der Waals surface area contributed by atoms with Crippen molar-refractivity contribution in [3.8, 4) is 0 Å². The summed E-state index contributed by atoms with van der Waals surface area (Å²) < 4.78 is 1.89. The largest absolute Gasteiger partial charge is 0.374 e. The average molecular weight is 283 g/mol. The number of hydrogen-bond donors (Lipinski definition) is 1. The van der Waals surface area contributed by atoms with E-state index in [-0.39, 0.29) is 11.9 Å². The second-order valence-electron chi connectivity index (χ2n) is 5.71. The third-order valence-corrected chi connectivity index (χ3v) is 4.11. The number of para-hydroxylation sites is 1. The lowest BCUT2D eigenvalue weighted by Crippen LogP contribution is -2.28. The Morgan fingerprint density at radius 1 is 1.24 bits per heavy atom. The van der Waals surface area contributed by atoms with E-state index in [0.29, 0.717) is 5.56 Å². The first-order chi connectivity index (χ1) is 10.1. The van der Waals surface area contributed by atoms with E-state index in [9.17, 15) is 4.79 Å². The smallest absolute Gasteiger partial charge is 0.253 e. The molecular formula is C17H21N3O. The van der Waals surface area contributed by atoms with E-state index < -0.39 is 0 Å². The molecule has 4 nitrogen and oxygen atoms in total. The quantitative estimate of drug-likeness (QED) is 0.920. The Hall–Kier alpha value is -2.23. The van der Waals surface area contributed by atoms with Crippen molar-refractivity contribution in [1.29, 1.82) is 0 Å². The number of hydrogen-bond acceptors (Lipinski definition) is 2. The molecule has 21 heavy (non-hydrogen) atoms. The van der Waals surface area contributed by atoms with Crippen molar-refractivity contribution in [2.45, 2.75) is 18.9 Å². The summed E-state index contributed by atoms with van der Waals surface area (Å²) in [7, 11) is 4.03. The maximum absolute atomic E-state index is 12.4. The fourth-order valence-corrected chi connectivity index (χ4v) is 2.97. The number of nitrogens with one attached hydrogen (secondary N) is 1. The summed E-state index contributed by atoms with van der Waals surface area (Å²) in [6.45, 7) is 1.02. The van der Waals surface area contributed by atoms with Gasteiger partial charge in [-0.15, -0.1) is 0 Å². The number of fused-ring (bicyclic) bond motifs is 1. The van der Waals surface area contributed by atoms with Crippen molar-refractivity contribution >= 4 is 11.6 Å². The SMILES string of the molecule is CN1CCCC(NC(=O)c2ccn(C)c2)c2ccccc21. The van der Waals surface area contributed by atoms with Gasteiger partial charge < -0.3 is 14.8 Å². The van der Waals surface area contributed by atoms with Gasteiger partial charge in [0, 0.05) is 38.7 Å². The van der Waals surface area contributed by atoms with Crippen LogP contribution >= 0.6 is 0 Å². The highest BCUT2D eigenvalue weighted by Crippen LogP contribution is 2.32. The number of rotatable bonds is 2. The average Bonchev–Trinajstić information content (AvgIpc) is 2.86. The summed E-state index contributed by atoms with van der Waals surface area (Å²) >= 11 is 0. The van der Waals surface area contributed by atoms with Crippen molar-refractivity contribution in [2.75, 3.05) is 18.5 Å². The minimum atomic E-state index is -0.0000406. The van der Waals surface area contributed by atoms with Gasteiger partial charge in [-0.2, -0.15) is 0 Å². The summed E-state index contributed by atoms with van der Waals surface area (Å²) in [6, 6.07) is 10.3. The molecule has 4 heteroatoms. The van der Waals surface area contributed by atoms with Crippen LogP contribution in [0.25, 0.3) is 0 Å². The molecule has 110 valence electrons. The standard InChI is InChI=1S/C17H21N3O/c1-19-11-9-13(12-19)17(21)18-15-7-5-10-20(2)16-8-4-3-6-14(15)16/h3-4,6,8-9,11-12,15H,5,7,10H2,1-2H3,(H,18,21). The highest BCUT2D eigenvalue weighted by molar-refractivity contribution is 5.94. The normalized spacial score (nSPS) is 18.0. The molecule has 2 aromatic rings. The van der Waals surface area contributed by atoms with Gasteiger partial charge in [0.05, 0.1) is 11.6 Å². The van der Waals surface area contributed by atoms with E-state index in [2.05, 4.69) is 35.5 Å². The minimum Gasteiger partial charge on any atom is -0.374 e. The Morgan fingerprint density at radius 2 is 2.05 bits per heavy atom. The number of aryl methyl sites for hydroxylation is 1. The van der Waals surface area contributed by atoms with E-state index in [1.807, 2.05) is 36.1 Å². The summed E-state index contributed by atoms with van der Waals surface area (Å²) in [5.41, 5.74) is 3.14. The fraction of sp³-hybridized carbons (Fsp3) is 0.353. The van der Waals surface area contributed by atoms with E-state index in [4.69, 9.17) is 0 Å². The van der Waals surface area contributed by atoms with Crippen molar-refractivity contribution in [3.63, 3.8) is 0 Å². The Morgan fingerprint density at radius 3 is 2.81 bits per heavy atom. The van der Waals surface area contributed by atoms with Gasteiger partial charge in [-0.1, -0.05) is 18.2 Å². The van der Waals surface area contributed by atoms with Crippen molar-refractivity contribution in [2.24, 2.45) is 7.05 Å². The van der Waals surface area contributed by atoms with Crippen LogP contribution in [0.4, 0.5) is 5.69 Å². The number of benzene rings is 1. The summed E-state index contributed by atoms with van der Waals surface area (Å²) in [6.07, 6.45) is 5.79. The molecule has 0 saturated heterocycles. The monoisotopic (exact) mass is 283 g/mol. The maximum Gasteiger partial charge on any atom is 0.253 e. The lowest BCUT2D eigenvalue weighted by Gasteiger charge is -2.22. The zero-order chi connectivity index (χ0) is 14.8. The van der Waals surface area contributed by atoms with Gasteiger partial charge in [0.1, 0.15) is 0 Å². The molecule has 0 bridgehead atoms. The van der Waals surface area contributed by atoms with Gasteiger partial charge in [0.2, 0.25) is 0 Å². The Labute approximate surface area is 125 Å². The first-order valence-corrected chi connectivity index (χ1v) is 7.38. The van der Waals surface area contributed by atoms with Crippen LogP contribution in [0.3, 0.4) is 0 Å². The third-order valence-electron chi connectivity index (χ3n) is 4.11. The minimum absolute atomic E-state index is 0.0000406. The molecule has 0 aliphatic carbocycles. The maximum atomic E-state index is 12.4. The zero-order valence-corrected chi connectivity index (χ0v) is 12.5. The highest BCUT2D eigenvalue weighted by Gasteiger charge is 2.22. The fourth-order valence-electron chi connectivity index (χ4n) is 2.97. The van der Waals surface area contributed by atoms with Crippen LogP contribution in [0.2, 0.25) is 0 Å². The Kier molecular flexibility index (Phi) is 3.69. The van der Waals surface area contributed by atoms with E-state index in [1.54, 1.807) is 0 Å². The molecule has 1 amide bonds. The first-order valence-electron chi connectivity index (χ1n) is 7.38. The molecule has 1 N–H and O–H groups in total. The van der Waals surface area contributed by atoms with Crippen LogP contribution in [0.1, 0.15) is 34.8 Å². The molecular weight excluding hydrogens is 262 g/mol. The number of anilines is 1. The van der Waals surface area contributed by atoms with E-state index >= 15 is 0 Å². The summed E-state index contributed by atoms with van der Waals surface area (Å²) in [5.74, 6) is -0.0000406. The molecule has 3 rings (SSSR count). The second kappa shape index (κ2) is 5.64. The predicted octanol–water partition coefficient (Wildman–Crippen LogP) is 2.73. The van der Waals surface area contributed by atoms with Crippen LogP contribution < -0.4 is 10.2 Å². The molecule has 1 aromatic carbocycles. The lowest BCUT2D eigenvalue weighted by atomic mass is 10.0. The van der Waals surface area contributed by atoms with Gasteiger partial charge in [0.25, 0.3) is 5.91 Å². The number of nitrogens with zero attached hydrogens (tertiary/aromatic N) is 2. The molecule has 1 atom stereocenters.